The molecule has 88 valence electrons. The normalized spacial score (nSPS) is 10.5. The summed E-state index contributed by atoms with van der Waals surface area (Å²) in [5.74, 6) is -1.64. The van der Waals surface area contributed by atoms with Crippen molar-refractivity contribution in [1.82, 2.24) is 0 Å². The van der Waals surface area contributed by atoms with Crippen molar-refractivity contribution >= 4 is 21.7 Å². The van der Waals surface area contributed by atoms with Gasteiger partial charge in [-0.15, -0.1) is 0 Å². The van der Waals surface area contributed by atoms with Crippen LogP contribution in [-0.2, 0) is 6.42 Å². The van der Waals surface area contributed by atoms with E-state index in [1.54, 1.807) is 6.07 Å². The van der Waals surface area contributed by atoms with Gasteiger partial charge in [0.2, 0.25) is 5.78 Å². The first-order valence-electron chi connectivity index (χ1n) is 4.78. The van der Waals surface area contributed by atoms with E-state index in [-0.39, 0.29) is 23.5 Å². The van der Waals surface area contributed by atoms with Gasteiger partial charge in [0.05, 0.1) is 10.7 Å². The molecule has 5 heteroatoms. The Labute approximate surface area is 104 Å². The maximum Gasteiger partial charge on any atom is 0.203 e. The second kappa shape index (κ2) is 4.79. The Morgan fingerprint density at radius 2 is 2.06 bits per heavy atom. The van der Waals surface area contributed by atoms with Crippen LogP contribution < -0.4 is 0 Å². The molecular formula is C12H7BrF2O2. The van der Waals surface area contributed by atoms with Crippen molar-refractivity contribution in [3.05, 3.63) is 58.0 Å². The lowest BCUT2D eigenvalue weighted by Crippen LogP contribution is -2.05. The Balaban J connectivity index is 2.22. The van der Waals surface area contributed by atoms with E-state index in [0.29, 0.717) is 4.47 Å². The molecule has 2 rings (SSSR count). The van der Waals surface area contributed by atoms with E-state index >= 15 is 0 Å². The zero-order chi connectivity index (χ0) is 12.4. The van der Waals surface area contributed by atoms with Crippen LogP contribution in [0.3, 0.4) is 0 Å². The molecule has 0 unspecified atom stereocenters. The molecule has 1 aromatic heterocycles. The molecule has 2 nitrogen and oxygen atoms in total. The topological polar surface area (TPSA) is 30.2 Å². The molecular weight excluding hydrogens is 294 g/mol. The van der Waals surface area contributed by atoms with Gasteiger partial charge in [0.1, 0.15) is 11.6 Å². The maximum atomic E-state index is 13.3. The summed E-state index contributed by atoms with van der Waals surface area (Å²) in [6, 6.07) is 4.69. The summed E-state index contributed by atoms with van der Waals surface area (Å²) >= 11 is 3.14. The Morgan fingerprint density at radius 1 is 1.29 bits per heavy atom. The van der Waals surface area contributed by atoms with Crippen LogP contribution in [0.2, 0.25) is 0 Å². The van der Waals surface area contributed by atoms with E-state index in [1.165, 1.54) is 12.3 Å². The van der Waals surface area contributed by atoms with Crippen LogP contribution >= 0.6 is 15.9 Å². The van der Waals surface area contributed by atoms with Gasteiger partial charge < -0.3 is 4.42 Å². The number of rotatable bonds is 3. The molecule has 0 aliphatic rings. The zero-order valence-corrected chi connectivity index (χ0v) is 10.1. The van der Waals surface area contributed by atoms with E-state index < -0.39 is 11.6 Å². The number of ketones is 1. The molecule has 0 spiro atoms. The second-order valence-corrected chi connectivity index (χ2v) is 4.29. The van der Waals surface area contributed by atoms with Crippen molar-refractivity contribution in [3.8, 4) is 0 Å². The number of hydrogen-bond donors (Lipinski definition) is 0. The second-order valence-electron chi connectivity index (χ2n) is 3.43. The summed E-state index contributed by atoms with van der Waals surface area (Å²) in [5, 5.41) is 0. The van der Waals surface area contributed by atoms with E-state index in [0.717, 1.165) is 12.1 Å². The number of carbonyl (C=O) groups is 1. The summed E-state index contributed by atoms with van der Waals surface area (Å²) in [4.78, 5) is 11.7. The molecule has 0 bridgehead atoms. The van der Waals surface area contributed by atoms with Crippen molar-refractivity contribution in [3.63, 3.8) is 0 Å². The highest BCUT2D eigenvalue weighted by atomic mass is 79.9. The monoisotopic (exact) mass is 300 g/mol. The number of benzene rings is 1. The molecule has 0 fully saturated rings. The number of carbonyl (C=O) groups excluding carboxylic acids is 1. The molecule has 0 aliphatic heterocycles. The molecule has 0 radical (unpaired) electrons. The van der Waals surface area contributed by atoms with E-state index in [9.17, 15) is 13.6 Å². The number of halogens is 3. The average Bonchev–Trinajstić information content (AvgIpc) is 2.68. The first-order chi connectivity index (χ1) is 8.08. The summed E-state index contributed by atoms with van der Waals surface area (Å²) < 4.78 is 31.5. The lowest BCUT2D eigenvalue weighted by atomic mass is 10.1. The first-order valence-corrected chi connectivity index (χ1v) is 5.57. The lowest BCUT2D eigenvalue weighted by Gasteiger charge is -2.01. The van der Waals surface area contributed by atoms with Gasteiger partial charge in [-0.3, -0.25) is 4.79 Å². The van der Waals surface area contributed by atoms with Crippen LogP contribution in [0.4, 0.5) is 8.78 Å². The summed E-state index contributed by atoms with van der Waals surface area (Å²) in [5.41, 5.74) is 0.139. The van der Waals surface area contributed by atoms with Gasteiger partial charge in [0.25, 0.3) is 0 Å². The van der Waals surface area contributed by atoms with Crippen molar-refractivity contribution in [2.75, 3.05) is 0 Å². The Bertz CT molecular complexity index is 563. The SMILES string of the molecule is O=C(Cc1ccc(F)cc1F)c1occc1Br. The molecule has 1 aromatic carbocycles. The molecule has 0 saturated carbocycles. The predicted molar refractivity (Wildman–Crippen MR) is 60.8 cm³/mol. The lowest BCUT2D eigenvalue weighted by molar-refractivity contribution is 0.0964. The first kappa shape index (κ1) is 12.0. The third-order valence-electron chi connectivity index (χ3n) is 2.24. The van der Waals surface area contributed by atoms with Crippen LogP contribution in [0.1, 0.15) is 16.1 Å². The fourth-order valence-electron chi connectivity index (χ4n) is 1.41. The molecule has 17 heavy (non-hydrogen) atoms. The summed E-state index contributed by atoms with van der Waals surface area (Å²) in [7, 11) is 0. The minimum absolute atomic E-state index is 0.133. The van der Waals surface area contributed by atoms with Crippen LogP contribution in [-0.4, -0.2) is 5.78 Å². The molecule has 0 atom stereocenters. The smallest absolute Gasteiger partial charge is 0.203 e. The Hall–Kier alpha value is -1.49. The molecule has 0 saturated heterocycles. The molecule has 1 heterocycles. The van der Waals surface area contributed by atoms with Crippen molar-refractivity contribution in [2.45, 2.75) is 6.42 Å². The molecule has 2 aromatic rings. The minimum atomic E-state index is -0.735. The fraction of sp³-hybridized carbons (Fsp3) is 0.0833. The van der Waals surface area contributed by atoms with Crippen LogP contribution in [0.15, 0.2) is 39.4 Å². The maximum absolute atomic E-state index is 13.3. The highest BCUT2D eigenvalue weighted by Crippen LogP contribution is 2.20. The largest absolute Gasteiger partial charge is 0.460 e. The fourth-order valence-corrected chi connectivity index (χ4v) is 1.83. The van der Waals surface area contributed by atoms with Gasteiger partial charge >= 0.3 is 0 Å². The Kier molecular flexibility index (Phi) is 3.38. The van der Waals surface area contributed by atoms with Gasteiger partial charge in [-0.1, -0.05) is 6.07 Å². The van der Waals surface area contributed by atoms with Crippen molar-refractivity contribution < 1.29 is 18.0 Å². The average molecular weight is 301 g/mol. The third kappa shape index (κ3) is 2.61. The van der Waals surface area contributed by atoms with Crippen molar-refractivity contribution in [1.29, 1.82) is 0 Å². The third-order valence-corrected chi connectivity index (χ3v) is 2.86. The highest BCUT2D eigenvalue weighted by Gasteiger charge is 2.16. The van der Waals surface area contributed by atoms with Gasteiger partial charge in [-0.05, 0) is 33.6 Å². The van der Waals surface area contributed by atoms with Crippen LogP contribution in [0.25, 0.3) is 0 Å². The predicted octanol–water partition coefficient (Wildman–Crippen LogP) is 3.75. The zero-order valence-electron chi connectivity index (χ0n) is 8.54. The molecule has 0 aliphatic carbocycles. The van der Waals surface area contributed by atoms with E-state index in [1.807, 2.05) is 0 Å². The van der Waals surface area contributed by atoms with Crippen molar-refractivity contribution in [2.24, 2.45) is 0 Å². The van der Waals surface area contributed by atoms with Gasteiger partial charge in [0, 0.05) is 12.5 Å². The van der Waals surface area contributed by atoms with E-state index in [2.05, 4.69) is 15.9 Å². The number of hydrogen-bond acceptors (Lipinski definition) is 2. The highest BCUT2D eigenvalue weighted by molar-refractivity contribution is 9.10. The Morgan fingerprint density at radius 3 is 2.65 bits per heavy atom. The van der Waals surface area contributed by atoms with Crippen LogP contribution in [0.5, 0.6) is 0 Å². The van der Waals surface area contributed by atoms with Crippen LogP contribution in [0, 0.1) is 11.6 Å². The quantitative estimate of drug-likeness (QED) is 0.808. The summed E-state index contributed by atoms with van der Waals surface area (Å²) in [6.45, 7) is 0. The van der Waals surface area contributed by atoms with E-state index in [4.69, 9.17) is 4.42 Å². The minimum Gasteiger partial charge on any atom is -0.460 e. The van der Waals surface area contributed by atoms with Gasteiger partial charge in [-0.2, -0.15) is 0 Å². The van der Waals surface area contributed by atoms with Gasteiger partial charge in [-0.25, -0.2) is 8.78 Å². The summed E-state index contributed by atoms with van der Waals surface area (Å²) in [6.07, 6.45) is 1.19. The standard InChI is InChI=1S/C12H7BrF2O2/c13-9-3-4-17-12(9)11(16)5-7-1-2-8(14)6-10(7)15/h1-4,6H,5H2. The number of Topliss-reactive ketones (excluding diaryl/α,β-unsaturated/α-hetero) is 1. The number of furan rings is 1. The molecule has 0 N–H and O–H groups in total. The molecule has 0 amide bonds. The van der Waals surface area contributed by atoms with Gasteiger partial charge in [0.15, 0.2) is 5.76 Å².